The van der Waals surface area contributed by atoms with Crippen molar-refractivity contribution in [2.45, 2.75) is 33.0 Å². The molecular weight excluding hydrogens is 324 g/mol. The third kappa shape index (κ3) is 3.08. The highest BCUT2D eigenvalue weighted by Crippen LogP contribution is 2.42. The molecule has 0 radical (unpaired) electrons. The van der Waals surface area contributed by atoms with E-state index in [4.69, 9.17) is 14.5 Å². The molecule has 2 heterocycles. The Bertz CT molecular complexity index is 909. The summed E-state index contributed by atoms with van der Waals surface area (Å²) in [5.74, 6) is 1.53. The molecule has 26 heavy (non-hydrogen) atoms. The monoisotopic (exact) mass is 346 g/mol. The van der Waals surface area contributed by atoms with Crippen LogP contribution in [0.15, 0.2) is 54.7 Å². The minimum Gasteiger partial charge on any atom is -0.460 e. The van der Waals surface area contributed by atoms with Crippen molar-refractivity contribution in [3.05, 3.63) is 65.9 Å². The van der Waals surface area contributed by atoms with E-state index in [-0.39, 0.29) is 0 Å². The summed E-state index contributed by atoms with van der Waals surface area (Å²) in [5, 5.41) is 0. The van der Waals surface area contributed by atoms with Gasteiger partial charge < -0.3 is 9.47 Å². The number of hydrogen-bond acceptors (Lipinski definition) is 4. The Morgan fingerprint density at radius 1 is 1.08 bits per heavy atom. The number of rotatable bonds is 5. The van der Waals surface area contributed by atoms with Crippen molar-refractivity contribution < 1.29 is 9.47 Å². The Hall–Kier alpha value is -2.72. The summed E-state index contributed by atoms with van der Waals surface area (Å²) in [6.07, 6.45) is 3.27. The number of nitrogens with zero attached hydrogens (tertiary/aromatic N) is 2. The van der Waals surface area contributed by atoms with E-state index in [1.807, 2.05) is 42.6 Å². The van der Waals surface area contributed by atoms with Gasteiger partial charge in [0, 0.05) is 17.3 Å². The fourth-order valence-electron chi connectivity index (χ4n) is 3.12. The average Bonchev–Trinajstić information content (AvgIpc) is 2.72. The number of hydrogen-bond donors (Lipinski definition) is 0. The summed E-state index contributed by atoms with van der Waals surface area (Å²) in [7, 11) is 0. The van der Waals surface area contributed by atoms with Gasteiger partial charge in [0.25, 0.3) is 0 Å². The van der Waals surface area contributed by atoms with Crippen molar-refractivity contribution in [3.8, 4) is 28.4 Å². The molecule has 0 bridgehead atoms. The Morgan fingerprint density at radius 2 is 1.92 bits per heavy atom. The average molecular weight is 346 g/mol. The highest BCUT2D eigenvalue weighted by molar-refractivity contribution is 5.74. The maximum atomic E-state index is 6.10. The standard InChI is InChI=1S/C22H22N2O2/c1-3-12-25-22-18-14-23-21(16-8-6-5-7-9-16)24-20(18)17-13-15(4-2)10-11-19(17)26-22/h5-11,13-14,22H,3-4,12H2,1-2H3. The summed E-state index contributed by atoms with van der Waals surface area (Å²) in [4.78, 5) is 9.45. The van der Waals surface area contributed by atoms with E-state index in [1.54, 1.807) is 0 Å². The zero-order valence-electron chi connectivity index (χ0n) is 15.1. The first-order valence-electron chi connectivity index (χ1n) is 9.14. The quantitative estimate of drug-likeness (QED) is 0.638. The lowest BCUT2D eigenvalue weighted by Crippen LogP contribution is -2.19. The van der Waals surface area contributed by atoms with Crippen molar-refractivity contribution in [3.63, 3.8) is 0 Å². The summed E-state index contributed by atoms with van der Waals surface area (Å²) in [6, 6.07) is 16.3. The van der Waals surface area contributed by atoms with E-state index in [9.17, 15) is 0 Å². The number of benzene rings is 2. The first-order valence-corrected chi connectivity index (χ1v) is 9.14. The van der Waals surface area contributed by atoms with Gasteiger partial charge in [0.15, 0.2) is 5.82 Å². The maximum absolute atomic E-state index is 6.10. The van der Waals surface area contributed by atoms with Crippen LogP contribution in [0.3, 0.4) is 0 Å². The zero-order chi connectivity index (χ0) is 17.9. The van der Waals surface area contributed by atoms with Gasteiger partial charge in [-0.15, -0.1) is 0 Å². The van der Waals surface area contributed by atoms with Crippen LogP contribution in [0.5, 0.6) is 5.75 Å². The molecule has 1 aliphatic rings. The van der Waals surface area contributed by atoms with E-state index in [2.05, 4.69) is 31.0 Å². The molecule has 0 fully saturated rings. The number of fused-ring (bicyclic) bond motifs is 3. The van der Waals surface area contributed by atoms with Gasteiger partial charge in [-0.3, -0.25) is 0 Å². The molecule has 1 aromatic heterocycles. The van der Waals surface area contributed by atoms with Crippen molar-refractivity contribution in [1.82, 2.24) is 9.97 Å². The highest BCUT2D eigenvalue weighted by Gasteiger charge is 2.29. The van der Waals surface area contributed by atoms with Gasteiger partial charge in [0.2, 0.25) is 6.29 Å². The molecule has 4 heteroatoms. The molecule has 0 N–H and O–H groups in total. The number of aryl methyl sites for hydroxylation is 1. The smallest absolute Gasteiger partial charge is 0.230 e. The highest BCUT2D eigenvalue weighted by atomic mass is 16.7. The first kappa shape index (κ1) is 16.7. The van der Waals surface area contributed by atoms with Crippen LogP contribution in [-0.4, -0.2) is 16.6 Å². The normalized spacial score (nSPS) is 15.1. The van der Waals surface area contributed by atoms with Crippen molar-refractivity contribution in [2.24, 2.45) is 0 Å². The van der Waals surface area contributed by atoms with E-state index < -0.39 is 6.29 Å². The molecule has 0 aliphatic carbocycles. The van der Waals surface area contributed by atoms with E-state index in [1.165, 1.54) is 5.56 Å². The molecule has 0 saturated heterocycles. The Balaban J connectivity index is 1.84. The van der Waals surface area contributed by atoms with Gasteiger partial charge in [-0.05, 0) is 30.5 Å². The van der Waals surface area contributed by atoms with E-state index in [0.29, 0.717) is 12.4 Å². The predicted octanol–water partition coefficient (Wildman–Crippen LogP) is 5.19. The van der Waals surface area contributed by atoms with Crippen LogP contribution in [-0.2, 0) is 11.2 Å². The fraction of sp³-hybridized carbons (Fsp3) is 0.273. The van der Waals surface area contributed by atoms with Crippen LogP contribution in [0.1, 0.15) is 37.7 Å². The molecule has 4 nitrogen and oxygen atoms in total. The van der Waals surface area contributed by atoms with Gasteiger partial charge in [0.1, 0.15) is 5.75 Å². The SMILES string of the molecule is CCCOC1Oc2ccc(CC)cc2-c2nc(-c3ccccc3)ncc21. The molecule has 2 aromatic carbocycles. The van der Waals surface area contributed by atoms with Crippen molar-refractivity contribution in [1.29, 1.82) is 0 Å². The maximum Gasteiger partial charge on any atom is 0.230 e. The van der Waals surface area contributed by atoms with E-state index >= 15 is 0 Å². The molecular formula is C22H22N2O2. The largest absolute Gasteiger partial charge is 0.460 e. The molecule has 0 amide bonds. The molecule has 1 unspecified atom stereocenters. The van der Waals surface area contributed by atoms with Gasteiger partial charge in [0.05, 0.1) is 17.9 Å². The topological polar surface area (TPSA) is 44.2 Å². The Labute approximate surface area is 153 Å². The number of aromatic nitrogens is 2. The number of ether oxygens (including phenoxy) is 2. The van der Waals surface area contributed by atoms with Gasteiger partial charge in [-0.2, -0.15) is 0 Å². The molecule has 4 rings (SSSR count). The summed E-state index contributed by atoms with van der Waals surface area (Å²) in [6.45, 7) is 4.86. The second-order valence-corrected chi connectivity index (χ2v) is 6.37. The summed E-state index contributed by atoms with van der Waals surface area (Å²) < 4.78 is 12.0. The van der Waals surface area contributed by atoms with Crippen molar-refractivity contribution in [2.75, 3.05) is 6.61 Å². The van der Waals surface area contributed by atoms with Crippen LogP contribution < -0.4 is 4.74 Å². The molecule has 132 valence electrons. The molecule has 0 saturated carbocycles. The Kier molecular flexibility index (Phi) is 4.67. The summed E-state index contributed by atoms with van der Waals surface area (Å²) in [5.41, 5.74) is 5.05. The molecule has 1 aliphatic heterocycles. The third-order valence-electron chi connectivity index (χ3n) is 4.52. The van der Waals surface area contributed by atoms with Gasteiger partial charge in [-0.25, -0.2) is 9.97 Å². The van der Waals surface area contributed by atoms with Gasteiger partial charge in [-0.1, -0.05) is 50.2 Å². The first-order chi connectivity index (χ1) is 12.8. The Morgan fingerprint density at radius 3 is 2.69 bits per heavy atom. The zero-order valence-corrected chi connectivity index (χ0v) is 15.1. The second kappa shape index (κ2) is 7.26. The van der Waals surface area contributed by atoms with E-state index in [0.717, 1.165) is 41.0 Å². The molecule has 1 atom stereocenters. The lowest BCUT2D eigenvalue weighted by atomic mass is 9.99. The predicted molar refractivity (Wildman–Crippen MR) is 102 cm³/mol. The fourth-order valence-corrected chi connectivity index (χ4v) is 3.12. The van der Waals surface area contributed by atoms with Gasteiger partial charge >= 0.3 is 0 Å². The van der Waals surface area contributed by atoms with Crippen LogP contribution in [0, 0.1) is 0 Å². The molecule has 3 aromatic rings. The third-order valence-corrected chi connectivity index (χ3v) is 4.52. The van der Waals surface area contributed by atoms with Crippen molar-refractivity contribution >= 4 is 0 Å². The summed E-state index contributed by atoms with van der Waals surface area (Å²) >= 11 is 0. The van der Waals surface area contributed by atoms with Crippen LogP contribution >= 0.6 is 0 Å². The van der Waals surface area contributed by atoms with Crippen LogP contribution in [0.2, 0.25) is 0 Å². The van der Waals surface area contributed by atoms with Crippen LogP contribution in [0.4, 0.5) is 0 Å². The molecule has 0 spiro atoms. The lowest BCUT2D eigenvalue weighted by Gasteiger charge is -2.28. The second-order valence-electron chi connectivity index (χ2n) is 6.37. The minimum atomic E-state index is -0.463. The lowest BCUT2D eigenvalue weighted by molar-refractivity contribution is -0.0851. The van der Waals surface area contributed by atoms with Crippen LogP contribution in [0.25, 0.3) is 22.6 Å². The minimum absolute atomic E-state index is 0.463.